The number of nitrogens with zero attached hydrogens (tertiary/aromatic N) is 2. The van der Waals surface area contributed by atoms with Gasteiger partial charge in [0.1, 0.15) is 22.9 Å². The van der Waals surface area contributed by atoms with Crippen molar-refractivity contribution in [3.8, 4) is 5.75 Å². The second-order valence-electron chi connectivity index (χ2n) is 7.19. The van der Waals surface area contributed by atoms with Crippen LogP contribution < -0.4 is 15.1 Å². The molecule has 0 fully saturated rings. The Balaban J connectivity index is 1.76. The van der Waals surface area contributed by atoms with E-state index < -0.39 is 23.2 Å². The molecule has 0 spiro atoms. The van der Waals surface area contributed by atoms with E-state index in [9.17, 15) is 14.0 Å². The van der Waals surface area contributed by atoms with Crippen LogP contribution in [0, 0.1) is 12.7 Å². The van der Waals surface area contributed by atoms with Crippen LogP contribution in [0.15, 0.2) is 62.3 Å². The zero-order valence-electron chi connectivity index (χ0n) is 16.7. The van der Waals surface area contributed by atoms with Crippen LogP contribution in [0.5, 0.6) is 5.75 Å². The van der Waals surface area contributed by atoms with Crippen LogP contribution in [0.1, 0.15) is 40.4 Å². The first kappa shape index (κ1) is 19.0. The molecule has 8 heteroatoms. The zero-order chi connectivity index (χ0) is 21.7. The van der Waals surface area contributed by atoms with Gasteiger partial charge in [0.25, 0.3) is 5.91 Å². The molecule has 0 radical (unpaired) electrons. The summed E-state index contributed by atoms with van der Waals surface area (Å²) in [5.41, 5.74) is 0.458. The molecule has 31 heavy (non-hydrogen) atoms. The number of fused-ring (bicyclic) bond motifs is 2. The van der Waals surface area contributed by atoms with Crippen LogP contribution in [-0.2, 0) is 0 Å². The summed E-state index contributed by atoms with van der Waals surface area (Å²) >= 11 is 0. The third kappa shape index (κ3) is 2.99. The number of aromatic nitrogens is 1. The number of aryl methyl sites for hydroxylation is 1. The molecule has 0 unspecified atom stereocenters. The summed E-state index contributed by atoms with van der Waals surface area (Å²) in [7, 11) is 0. The highest BCUT2D eigenvalue weighted by Gasteiger charge is 2.44. The third-order valence-corrected chi connectivity index (χ3v) is 5.20. The third-order valence-electron chi connectivity index (χ3n) is 5.20. The van der Waals surface area contributed by atoms with Gasteiger partial charge in [0.2, 0.25) is 5.76 Å². The van der Waals surface area contributed by atoms with Crippen LogP contribution >= 0.6 is 0 Å². The highest BCUT2D eigenvalue weighted by atomic mass is 19.1. The van der Waals surface area contributed by atoms with Crippen molar-refractivity contribution in [2.75, 3.05) is 11.5 Å². The van der Waals surface area contributed by atoms with E-state index in [1.54, 1.807) is 37.3 Å². The average Bonchev–Trinajstić information content (AvgIpc) is 3.31. The number of carbonyl (C=O) groups excluding carboxylic acids is 1. The zero-order valence-corrected chi connectivity index (χ0v) is 16.7. The van der Waals surface area contributed by atoms with Crippen molar-refractivity contribution in [1.82, 2.24) is 5.16 Å². The molecular weight excluding hydrogens is 403 g/mol. The van der Waals surface area contributed by atoms with Crippen molar-refractivity contribution in [3.63, 3.8) is 0 Å². The summed E-state index contributed by atoms with van der Waals surface area (Å²) in [6, 6.07) is 11.5. The van der Waals surface area contributed by atoms with Gasteiger partial charge in [-0.3, -0.25) is 14.5 Å². The van der Waals surface area contributed by atoms with Crippen LogP contribution in [0.3, 0.4) is 0 Å². The molecule has 1 atom stereocenters. The molecule has 3 heterocycles. The fourth-order valence-corrected chi connectivity index (χ4v) is 3.88. The van der Waals surface area contributed by atoms with E-state index in [-0.39, 0.29) is 28.1 Å². The maximum Gasteiger partial charge on any atom is 0.296 e. The lowest BCUT2D eigenvalue weighted by atomic mass is 9.98. The van der Waals surface area contributed by atoms with Crippen LogP contribution in [0.2, 0.25) is 0 Å². The molecule has 7 nitrogen and oxygen atoms in total. The topological polar surface area (TPSA) is 85.8 Å². The molecule has 0 N–H and O–H groups in total. The maximum absolute atomic E-state index is 13.8. The molecule has 0 saturated heterocycles. The number of benzene rings is 2. The van der Waals surface area contributed by atoms with E-state index >= 15 is 0 Å². The Morgan fingerprint density at radius 3 is 2.58 bits per heavy atom. The number of hydrogen-bond donors (Lipinski definition) is 0. The van der Waals surface area contributed by atoms with Crippen molar-refractivity contribution in [2.45, 2.75) is 19.9 Å². The molecular formula is C23H17FN2O5. The first-order valence-electron chi connectivity index (χ1n) is 9.74. The Kier molecular flexibility index (Phi) is 4.35. The first-order chi connectivity index (χ1) is 15.0. The van der Waals surface area contributed by atoms with Gasteiger partial charge in [0, 0.05) is 6.07 Å². The molecule has 1 amide bonds. The summed E-state index contributed by atoms with van der Waals surface area (Å²) < 4.78 is 30.3. The SMILES string of the molecule is CCOc1ccc([C@@H]2c3c(oc4ccc(F)cc4c3=O)C(=O)N2c2cc(C)on2)cc1. The van der Waals surface area contributed by atoms with Gasteiger partial charge in [-0.15, -0.1) is 0 Å². The molecule has 0 saturated carbocycles. The van der Waals surface area contributed by atoms with E-state index in [1.807, 2.05) is 6.92 Å². The number of rotatable bonds is 4. The van der Waals surface area contributed by atoms with Crippen molar-refractivity contribution in [2.24, 2.45) is 0 Å². The van der Waals surface area contributed by atoms with Crippen LogP contribution in [-0.4, -0.2) is 17.7 Å². The van der Waals surface area contributed by atoms with Crippen molar-refractivity contribution >= 4 is 22.7 Å². The number of ether oxygens (including phenoxy) is 1. The van der Waals surface area contributed by atoms with Crippen LogP contribution in [0.4, 0.5) is 10.2 Å². The smallest absolute Gasteiger partial charge is 0.296 e. The maximum atomic E-state index is 13.8. The summed E-state index contributed by atoms with van der Waals surface area (Å²) in [6.07, 6.45) is 0. The molecule has 1 aliphatic rings. The largest absolute Gasteiger partial charge is 0.494 e. The quantitative estimate of drug-likeness (QED) is 0.487. The lowest BCUT2D eigenvalue weighted by Gasteiger charge is -2.22. The lowest BCUT2D eigenvalue weighted by molar-refractivity contribution is 0.0969. The summed E-state index contributed by atoms with van der Waals surface area (Å²) in [4.78, 5) is 28.1. The average molecular weight is 420 g/mol. The van der Waals surface area contributed by atoms with E-state index in [0.717, 1.165) is 6.07 Å². The number of carbonyl (C=O) groups is 1. The minimum absolute atomic E-state index is 0.0701. The molecule has 1 aliphatic heterocycles. The Morgan fingerprint density at radius 2 is 1.90 bits per heavy atom. The number of amides is 1. The van der Waals surface area contributed by atoms with E-state index in [0.29, 0.717) is 23.7 Å². The Labute approximate surface area is 175 Å². The highest BCUT2D eigenvalue weighted by Crippen LogP contribution is 2.41. The summed E-state index contributed by atoms with van der Waals surface area (Å²) in [5, 5.41) is 4.04. The predicted molar refractivity (Wildman–Crippen MR) is 110 cm³/mol. The summed E-state index contributed by atoms with van der Waals surface area (Å²) in [6.45, 7) is 4.09. The van der Waals surface area contributed by atoms with Gasteiger partial charge in [-0.1, -0.05) is 17.3 Å². The van der Waals surface area contributed by atoms with Crippen molar-refractivity contribution < 1.29 is 22.9 Å². The first-order valence-corrected chi connectivity index (χ1v) is 9.74. The molecule has 2 aromatic carbocycles. The monoisotopic (exact) mass is 420 g/mol. The molecule has 0 bridgehead atoms. The molecule has 0 aliphatic carbocycles. The summed E-state index contributed by atoms with van der Waals surface area (Å²) in [5.74, 6) is 0.241. The minimum atomic E-state index is -0.813. The molecule has 156 valence electrons. The number of halogens is 1. The van der Waals surface area contributed by atoms with E-state index in [2.05, 4.69) is 5.16 Å². The number of anilines is 1. The molecule has 4 aromatic rings. The van der Waals surface area contributed by atoms with Gasteiger partial charge >= 0.3 is 0 Å². The Hall–Kier alpha value is -3.94. The van der Waals surface area contributed by atoms with Crippen LogP contribution in [0.25, 0.3) is 11.0 Å². The molecule has 5 rings (SSSR count). The van der Waals surface area contributed by atoms with Gasteiger partial charge < -0.3 is 13.7 Å². The fraction of sp³-hybridized carbons (Fsp3) is 0.174. The second kappa shape index (κ2) is 7.09. The highest BCUT2D eigenvalue weighted by molar-refractivity contribution is 6.10. The number of hydrogen-bond acceptors (Lipinski definition) is 6. The fourth-order valence-electron chi connectivity index (χ4n) is 3.88. The Bertz CT molecular complexity index is 1370. The lowest BCUT2D eigenvalue weighted by Crippen LogP contribution is -2.29. The standard InChI is InChI=1S/C23H17FN2O5/c1-3-29-15-7-4-13(5-8-15)20-19-21(27)16-11-14(24)6-9-17(16)30-22(19)23(28)26(20)18-10-12(2)31-25-18/h4-11,20H,3H2,1-2H3/t20-/m1/s1. The second-order valence-corrected chi connectivity index (χ2v) is 7.19. The predicted octanol–water partition coefficient (Wildman–Crippen LogP) is 4.38. The van der Waals surface area contributed by atoms with Gasteiger partial charge in [-0.25, -0.2) is 4.39 Å². The normalized spacial score (nSPS) is 15.5. The minimum Gasteiger partial charge on any atom is -0.494 e. The Morgan fingerprint density at radius 1 is 1.13 bits per heavy atom. The van der Waals surface area contributed by atoms with Gasteiger partial charge in [0.15, 0.2) is 11.2 Å². The van der Waals surface area contributed by atoms with Crippen molar-refractivity contribution in [3.05, 3.63) is 87.2 Å². The van der Waals surface area contributed by atoms with Gasteiger partial charge in [-0.05, 0) is 49.7 Å². The van der Waals surface area contributed by atoms with E-state index in [1.165, 1.54) is 17.0 Å². The van der Waals surface area contributed by atoms with Gasteiger partial charge in [-0.2, -0.15) is 0 Å². The van der Waals surface area contributed by atoms with E-state index in [4.69, 9.17) is 13.7 Å². The van der Waals surface area contributed by atoms with Gasteiger partial charge in [0.05, 0.1) is 23.6 Å². The van der Waals surface area contributed by atoms with Crippen molar-refractivity contribution in [1.29, 1.82) is 0 Å². The molecule has 2 aromatic heterocycles.